The smallest absolute Gasteiger partial charge is 0.327 e. The van der Waals surface area contributed by atoms with Crippen molar-refractivity contribution in [2.75, 3.05) is 19.7 Å². The summed E-state index contributed by atoms with van der Waals surface area (Å²) in [5.41, 5.74) is -0.341. The second-order valence-corrected chi connectivity index (χ2v) is 13.7. The first-order valence-corrected chi connectivity index (χ1v) is 17.2. The van der Waals surface area contributed by atoms with E-state index in [1.165, 1.54) is 0 Å². The minimum Gasteiger partial charge on any atom is -0.458 e. The van der Waals surface area contributed by atoms with E-state index in [-0.39, 0.29) is 50.9 Å². The monoisotopic (exact) mass is 727 g/mol. The molecule has 44 heavy (non-hydrogen) atoms. The summed E-state index contributed by atoms with van der Waals surface area (Å²) in [7, 11) is 0. The number of hydroxylamine groups is 2. The molecule has 0 spiro atoms. The van der Waals surface area contributed by atoms with E-state index in [1.807, 2.05) is 24.3 Å². The van der Waals surface area contributed by atoms with Crippen molar-refractivity contribution in [2.24, 2.45) is 5.41 Å². The van der Waals surface area contributed by atoms with Gasteiger partial charge >= 0.3 is 5.97 Å². The van der Waals surface area contributed by atoms with Gasteiger partial charge in [0.25, 0.3) is 0 Å². The Morgan fingerprint density at radius 3 is 2.45 bits per heavy atom. The van der Waals surface area contributed by atoms with Gasteiger partial charge in [0.2, 0.25) is 11.8 Å². The summed E-state index contributed by atoms with van der Waals surface area (Å²) in [5, 5.41) is 16.1. The number of esters is 1. The van der Waals surface area contributed by atoms with Crippen molar-refractivity contribution in [2.45, 2.75) is 121 Å². The highest BCUT2D eigenvalue weighted by Gasteiger charge is 2.76. The minimum atomic E-state index is -1.28. The van der Waals surface area contributed by atoms with Gasteiger partial charge < -0.3 is 30.0 Å². The molecule has 0 aromatic heterocycles. The Morgan fingerprint density at radius 1 is 1.05 bits per heavy atom. The van der Waals surface area contributed by atoms with Gasteiger partial charge in [0.1, 0.15) is 29.8 Å². The van der Waals surface area contributed by atoms with Gasteiger partial charge in [-0.05, 0) is 53.1 Å². The van der Waals surface area contributed by atoms with Crippen LogP contribution < -0.4 is 10.6 Å². The second-order valence-electron chi connectivity index (χ2n) is 12.4. The van der Waals surface area contributed by atoms with Crippen LogP contribution in [-0.4, -0.2) is 83.9 Å². The molecule has 1 aromatic rings. The summed E-state index contributed by atoms with van der Waals surface area (Å²) in [6, 6.07) is 6.94. The molecular formula is C32H46IN3O8. The number of carbonyl (C=O) groups is 3. The molecule has 6 atom stereocenters. The first kappa shape index (κ1) is 33.5. The van der Waals surface area contributed by atoms with E-state index in [1.54, 1.807) is 5.06 Å². The summed E-state index contributed by atoms with van der Waals surface area (Å²) in [4.78, 5) is 46.9. The number of amides is 2. The standard InChI is InChI=1S/C32H46IN3O8/c1-3-5-7-13-31(14-8-6-4-2)42-25-23-19-32(30(40)35-15-12-24(38)34-16-17-37)27(29(39)41-23)36(44-28(32)26(25)43-31)20-21-10-9-11-22(33)18-21/h9-11,18,23,25-28,37H,3-8,12-17,19-20H2,1-2H3,(H,34,38)(H,35,40)/t23?,25-,26-,27-,28+,32?/m0/s1. The molecular weight excluding hydrogens is 681 g/mol. The van der Waals surface area contributed by atoms with Crippen LogP contribution in [-0.2, 0) is 40.0 Å². The van der Waals surface area contributed by atoms with Crippen molar-refractivity contribution in [3.63, 3.8) is 0 Å². The Kier molecular flexibility index (Phi) is 11.2. The number of nitrogens with one attached hydrogen (secondary N) is 2. The third-order valence-corrected chi connectivity index (χ3v) is 9.97. The number of unbranched alkanes of at least 4 members (excludes halogenated alkanes) is 4. The molecule has 2 amide bonds. The van der Waals surface area contributed by atoms with Crippen molar-refractivity contribution < 1.29 is 38.5 Å². The number of nitrogens with zero attached hydrogens (tertiary/aromatic N) is 1. The van der Waals surface area contributed by atoms with Gasteiger partial charge in [-0.2, -0.15) is 5.06 Å². The lowest BCUT2D eigenvalue weighted by atomic mass is 9.62. The summed E-state index contributed by atoms with van der Waals surface area (Å²) in [5.74, 6) is -1.97. The number of benzene rings is 1. The van der Waals surface area contributed by atoms with Crippen molar-refractivity contribution in [3.8, 4) is 0 Å². The Bertz CT molecular complexity index is 1180. The minimum absolute atomic E-state index is 0.0433. The van der Waals surface area contributed by atoms with Crippen molar-refractivity contribution in [1.29, 1.82) is 0 Å². The van der Waals surface area contributed by atoms with Gasteiger partial charge in [-0.15, -0.1) is 0 Å². The molecule has 3 saturated heterocycles. The van der Waals surface area contributed by atoms with Gasteiger partial charge in [-0.1, -0.05) is 51.7 Å². The van der Waals surface area contributed by atoms with Gasteiger partial charge in [0.05, 0.1) is 13.2 Å². The maximum atomic E-state index is 14.3. The molecule has 4 aliphatic rings. The van der Waals surface area contributed by atoms with E-state index in [9.17, 15) is 14.4 Å². The van der Waals surface area contributed by atoms with Crippen molar-refractivity contribution >= 4 is 40.4 Å². The molecule has 4 fully saturated rings. The molecule has 12 heteroatoms. The Labute approximate surface area is 273 Å². The maximum Gasteiger partial charge on any atom is 0.327 e. The normalized spacial score (nSPS) is 30.1. The number of rotatable bonds is 16. The van der Waals surface area contributed by atoms with Crippen molar-refractivity contribution in [3.05, 3.63) is 33.4 Å². The Hall–Kier alpha value is -1.84. The number of aliphatic hydroxyl groups excluding tert-OH is 1. The molecule has 1 aromatic carbocycles. The second kappa shape index (κ2) is 14.7. The van der Waals surface area contributed by atoms with E-state index in [0.717, 1.165) is 60.5 Å². The molecule has 5 rings (SSSR count). The van der Waals surface area contributed by atoms with E-state index >= 15 is 0 Å². The van der Waals surface area contributed by atoms with Crippen LogP contribution in [0.5, 0.6) is 0 Å². The molecule has 0 radical (unpaired) electrons. The lowest BCUT2D eigenvalue weighted by Crippen LogP contribution is -2.69. The number of hydrogen-bond acceptors (Lipinski definition) is 9. The van der Waals surface area contributed by atoms with Crippen LogP contribution in [0.4, 0.5) is 0 Å². The quantitative estimate of drug-likeness (QED) is 0.133. The molecule has 3 aliphatic heterocycles. The van der Waals surface area contributed by atoms with Gasteiger partial charge in [-0.3, -0.25) is 19.2 Å². The van der Waals surface area contributed by atoms with E-state index in [4.69, 9.17) is 24.2 Å². The highest BCUT2D eigenvalue weighted by Crippen LogP contribution is 2.58. The van der Waals surface area contributed by atoms with E-state index in [0.29, 0.717) is 0 Å². The van der Waals surface area contributed by atoms with Gasteiger partial charge in [-0.25, -0.2) is 0 Å². The van der Waals surface area contributed by atoms with Crippen LogP contribution >= 0.6 is 22.6 Å². The summed E-state index contributed by atoms with van der Waals surface area (Å²) < 4.78 is 20.8. The zero-order valence-electron chi connectivity index (χ0n) is 25.7. The van der Waals surface area contributed by atoms with Crippen molar-refractivity contribution in [1.82, 2.24) is 15.7 Å². The van der Waals surface area contributed by atoms with Crippen LogP contribution in [0.1, 0.15) is 83.6 Å². The molecule has 2 unspecified atom stereocenters. The average molecular weight is 728 g/mol. The van der Waals surface area contributed by atoms with E-state index in [2.05, 4.69) is 47.1 Å². The zero-order chi connectivity index (χ0) is 31.3. The third kappa shape index (κ3) is 6.80. The lowest BCUT2D eigenvalue weighted by molar-refractivity contribution is -0.224. The number of halogens is 1. The third-order valence-electron chi connectivity index (χ3n) is 9.30. The largest absolute Gasteiger partial charge is 0.458 e. The first-order chi connectivity index (χ1) is 21.3. The number of carbonyl (C=O) groups excluding carboxylic acids is 3. The molecule has 3 N–H and O–H groups in total. The SMILES string of the molecule is CCCCCC1(CCCCC)O[C@@H]2[C@H]3ON(Cc4cccc(I)c4)[C@H]4C(=O)OC(CC34C(=O)NCCC(=O)NCCO)[C@@H]2O1. The zero-order valence-corrected chi connectivity index (χ0v) is 27.9. The van der Waals surface area contributed by atoms with Gasteiger partial charge in [0, 0.05) is 42.3 Å². The molecule has 2 bridgehead atoms. The summed E-state index contributed by atoms with van der Waals surface area (Å²) in [6.07, 6.45) is 5.30. The number of aliphatic hydroxyl groups is 1. The lowest BCUT2D eigenvalue weighted by Gasteiger charge is -2.48. The van der Waals surface area contributed by atoms with Crippen LogP contribution in [0.15, 0.2) is 24.3 Å². The highest BCUT2D eigenvalue weighted by molar-refractivity contribution is 14.1. The maximum absolute atomic E-state index is 14.3. The number of hydrogen-bond donors (Lipinski definition) is 3. The van der Waals surface area contributed by atoms with Crippen LogP contribution in [0, 0.1) is 8.99 Å². The predicted molar refractivity (Wildman–Crippen MR) is 169 cm³/mol. The van der Waals surface area contributed by atoms with E-state index < -0.39 is 47.6 Å². The average Bonchev–Trinajstić information content (AvgIpc) is 3.55. The van der Waals surface area contributed by atoms with Gasteiger partial charge in [0.15, 0.2) is 11.8 Å². The summed E-state index contributed by atoms with van der Waals surface area (Å²) >= 11 is 2.25. The molecule has 1 aliphatic carbocycles. The molecule has 244 valence electrons. The predicted octanol–water partition coefficient (Wildman–Crippen LogP) is 3.35. The highest BCUT2D eigenvalue weighted by atomic mass is 127. The molecule has 3 heterocycles. The van der Waals surface area contributed by atoms with Crippen LogP contribution in [0.25, 0.3) is 0 Å². The Morgan fingerprint density at radius 2 is 1.77 bits per heavy atom. The fourth-order valence-electron chi connectivity index (χ4n) is 7.25. The topological polar surface area (TPSA) is 136 Å². The fourth-order valence-corrected chi connectivity index (χ4v) is 7.86. The molecule has 1 saturated carbocycles. The molecule has 11 nitrogen and oxygen atoms in total. The summed E-state index contributed by atoms with van der Waals surface area (Å²) in [6.45, 7) is 4.68. The first-order valence-electron chi connectivity index (χ1n) is 16.2. The fraction of sp³-hybridized carbons (Fsp3) is 0.719. The Balaban J connectivity index is 1.45. The van der Waals surface area contributed by atoms with Crippen LogP contribution in [0.2, 0.25) is 0 Å². The number of ether oxygens (including phenoxy) is 3. The number of fused-ring (bicyclic) bond motifs is 4. The van der Waals surface area contributed by atoms with Crippen LogP contribution in [0.3, 0.4) is 0 Å².